The smallest absolute Gasteiger partial charge is 0.406 e. The van der Waals surface area contributed by atoms with Crippen LogP contribution < -0.4 is 5.73 Å². The number of aldehydes is 1. The standard InChI is InChI=1S/C2H5NO3.C2H4O2/c3-2(5)6-1-4;3-1-2-4/h4H,1H2,(H2,3,5);1,4H,2H2. The van der Waals surface area contributed by atoms with Crippen molar-refractivity contribution in [2.75, 3.05) is 13.4 Å². The van der Waals surface area contributed by atoms with Gasteiger partial charge in [0.15, 0.2) is 6.79 Å². The molecule has 6 heteroatoms. The van der Waals surface area contributed by atoms with Crippen LogP contribution in [0.2, 0.25) is 0 Å². The van der Waals surface area contributed by atoms with E-state index in [-0.39, 0.29) is 6.61 Å². The fourth-order valence-electron chi connectivity index (χ4n) is 0.0636. The van der Waals surface area contributed by atoms with Crippen LogP contribution in [0.4, 0.5) is 4.79 Å². The number of amides is 1. The van der Waals surface area contributed by atoms with Crippen molar-refractivity contribution in [2.45, 2.75) is 0 Å². The number of hydrogen-bond acceptors (Lipinski definition) is 5. The lowest BCUT2D eigenvalue weighted by atomic mass is 10.9. The zero-order valence-corrected chi connectivity index (χ0v) is 5.19. The molecule has 1 amide bonds. The third-order valence-corrected chi connectivity index (χ3v) is 0.281. The second kappa shape index (κ2) is 10.8. The molecular weight excluding hydrogens is 142 g/mol. The Labute approximate surface area is 57.2 Å². The Kier molecular flexibility index (Phi) is 12.5. The fraction of sp³-hybridized carbons (Fsp3) is 0.500. The molecule has 0 aliphatic heterocycles. The van der Waals surface area contributed by atoms with Gasteiger partial charge in [-0.3, -0.25) is 0 Å². The number of hydrogen-bond donors (Lipinski definition) is 3. The van der Waals surface area contributed by atoms with E-state index in [1.807, 2.05) is 0 Å². The zero-order chi connectivity index (χ0) is 8.41. The largest absolute Gasteiger partial charge is 0.423 e. The van der Waals surface area contributed by atoms with E-state index in [1.165, 1.54) is 0 Å². The Morgan fingerprint density at radius 1 is 1.60 bits per heavy atom. The molecule has 10 heavy (non-hydrogen) atoms. The first-order chi connectivity index (χ1) is 4.68. The summed E-state index contributed by atoms with van der Waals surface area (Å²) in [7, 11) is 0. The van der Waals surface area contributed by atoms with E-state index in [0.717, 1.165) is 0 Å². The highest BCUT2D eigenvalue weighted by molar-refractivity contribution is 5.64. The monoisotopic (exact) mass is 151 g/mol. The van der Waals surface area contributed by atoms with Crippen molar-refractivity contribution in [3.63, 3.8) is 0 Å². The highest BCUT2D eigenvalue weighted by Crippen LogP contribution is 1.62. The van der Waals surface area contributed by atoms with Crippen molar-refractivity contribution in [1.29, 1.82) is 0 Å². The van der Waals surface area contributed by atoms with Gasteiger partial charge in [0.1, 0.15) is 6.29 Å². The Balaban J connectivity index is 0. The first-order valence-corrected chi connectivity index (χ1v) is 2.26. The summed E-state index contributed by atoms with van der Waals surface area (Å²) in [6.45, 7) is -1.00. The number of rotatable bonds is 2. The van der Waals surface area contributed by atoms with E-state index in [1.54, 1.807) is 0 Å². The summed E-state index contributed by atoms with van der Waals surface area (Å²) in [6, 6.07) is 0. The summed E-state index contributed by atoms with van der Waals surface area (Å²) < 4.78 is 3.74. The number of aliphatic hydroxyl groups is 2. The van der Waals surface area contributed by atoms with Crippen LogP contribution in [0, 0.1) is 0 Å². The molecule has 0 saturated carbocycles. The van der Waals surface area contributed by atoms with Crippen molar-refractivity contribution in [1.82, 2.24) is 0 Å². The molecule has 0 fully saturated rings. The highest BCUT2D eigenvalue weighted by atomic mass is 16.6. The average molecular weight is 151 g/mol. The normalized spacial score (nSPS) is 7.00. The zero-order valence-electron chi connectivity index (χ0n) is 5.19. The number of carbonyl (C=O) groups is 2. The third kappa shape index (κ3) is 28.8. The van der Waals surface area contributed by atoms with Crippen LogP contribution in [0.3, 0.4) is 0 Å². The van der Waals surface area contributed by atoms with Crippen molar-refractivity contribution in [3.8, 4) is 0 Å². The van der Waals surface area contributed by atoms with Gasteiger partial charge >= 0.3 is 6.09 Å². The molecule has 0 unspecified atom stereocenters. The maximum atomic E-state index is 9.44. The quantitative estimate of drug-likeness (QED) is 0.319. The lowest BCUT2D eigenvalue weighted by Gasteiger charge is -1.88. The molecule has 0 aliphatic carbocycles. The second-order valence-electron chi connectivity index (χ2n) is 0.942. The number of nitrogens with two attached hydrogens (primary N) is 1. The Morgan fingerprint density at radius 3 is 2.00 bits per heavy atom. The molecule has 60 valence electrons. The van der Waals surface area contributed by atoms with Crippen LogP contribution in [-0.2, 0) is 9.53 Å². The van der Waals surface area contributed by atoms with E-state index in [4.69, 9.17) is 15.0 Å². The van der Waals surface area contributed by atoms with Gasteiger partial charge in [0, 0.05) is 0 Å². The summed E-state index contributed by atoms with van der Waals surface area (Å²) in [5.74, 6) is 0. The maximum Gasteiger partial charge on any atom is 0.406 e. The van der Waals surface area contributed by atoms with Crippen LogP contribution >= 0.6 is 0 Å². The lowest BCUT2D eigenvalue weighted by molar-refractivity contribution is -0.110. The first-order valence-electron chi connectivity index (χ1n) is 2.26. The van der Waals surface area contributed by atoms with E-state index in [9.17, 15) is 4.79 Å². The van der Waals surface area contributed by atoms with Gasteiger partial charge < -0.3 is 25.5 Å². The molecule has 0 atom stereocenters. The van der Waals surface area contributed by atoms with E-state index >= 15 is 0 Å². The van der Waals surface area contributed by atoms with Gasteiger partial charge in [-0.25, -0.2) is 4.79 Å². The van der Waals surface area contributed by atoms with Crippen LogP contribution in [0.1, 0.15) is 0 Å². The molecule has 0 bridgehead atoms. The molecular formula is C4H9NO5. The molecule has 6 nitrogen and oxygen atoms in total. The molecule has 0 aliphatic rings. The Hall–Kier alpha value is -1.14. The van der Waals surface area contributed by atoms with Gasteiger partial charge in [-0.15, -0.1) is 0 Å². The molecule has 0 aromatic heterocycles. The topological polar surface area (TPSA) is 110 Å². The fourth-order valence-corrected chi connectivity index (χ4v) is 0.0636. The molecule has 0 rings (SSSR count). The van der Waals surface area contributed by atoms with Gasteiger partial charge in [0.05, 0.1) is 6.61 Å². The van der Waals surface area contributed by atoms with Crippen molar-refractivity contribution in [3.05, 3.63) is 0 Å². The van der Waals surface area contributed by atoms with Gasteiger partial charge in [-0.1, -0.05) is 0 Å². The summed E-state index contributed by atoms with van der Waals surface area (Å²) in [5, 5.41) is 15.2. The molecule has 0 spiro atoms. The molecule has 0 aromatic rings. The number of primary amides is 1. The minimum atomic E-state index is -0.961. The lowest BCUT2D eigenvalue weighted by Crippen LogP contribution is -2.12. The van der Waals surface area contributed by atoms with Gasteiger partial charge in [-0.2, -0.15) is 0 Å². The van der Waals surface area contributed by atoms with Gasteiger partial charge in [0.2, 0.25) is 0 Å². The third-order valence-electron chi connectivity index (χ3n) is 0.281. The van der Waals surface area contributed by atoms with E-state index in [0.29, 0.717) is 6.29 Å². The molecule has 0 saturated heterocycles. The van der Waals surface area contributed by atoms with Crippen LogP contribution in [0.25, 0.3) is 0 Å². The number of carbonyl (C=O) groups excluding carboxylic acids is 2. The molecule has 0 radical (unpaired) electrons. The SMILES string of the molecule is NC(=O)OCO.O=CCO. The second-order valence-corrected chi connectivity index (χ2v) is 0.942. The predicted molar refractivity (Wildman–Crippen MR) is 30.9 cm³/mol. The van der Waals surface area contributed by atoms with Crippen molar-refractivity contribution < 1.29 is 24.5 Å². The average Bonchev–Trinajstić information content (AvgIpc) is 1.89. The van der Waals surface area contributed by atoms with E-state index < -0.39 is 12.9 Å². The minimum absolute atomic E-state index is 0.361. The Bertz CT molecular complexity index is 93.6. The summed E-state index contributed by atoms with van der Waals surface area (Å²) in [5.41, 5.74) is 4.38. The molecule has 0 aromatic carbocycles. The van der Waals surface area contributed by atoms with Crippen molar-refractivity contribution in [2.24, 2.45) is 5.73 Å². The summed E-state index contributed by atoms with van der Waals surface area (Å²) in [6.07, 6.45) is -0.530. The van der Waals surface area contributed by atoms with Crippen LogP contribution in [-0.4, -0.2) is 36.0 Å². The molecule has 0 heterocycles. The Morgan fingerprint density at radius 2 is 2.00 bits per heavy atom. The predicted octanol–water partition coefficient (Wildman–Crippen LogP) is -1.79. The van der Waals surface area contributed by atoms with Gasteiger partial charge in [-0.05, 0) is 0 Å². The van der Waals surface area contributed by atoms with Crippen LogP contribution in [0.5, 0.6) is 0 Å². The number of ether oxygens (including phenoxy) is 1. The first kappa shape index (κ1) is 11.6. The summed E-state index contributed by atoms with van der Waals surface area (Å²) >= 11 is 0. The van der Waals surface area contributed by atoms with Gasteiger partial charge in [0.25, 0.3) is 0 Å². The summed E-state index contributed by atoms with van der Waals surface area (Å²) in [4.78, 5) is 18.4. The highest BCUT2D eigenvalue weighted by Gasteiger charge is 1.83. The van der Waals surface area contributed by atoms with Crippen molar-refractivity contribution >= 4 is 12.4 Å². The van der Waals surface area contributed by atoms with Crippen LogP contribution in [0.15, 0.2) is 0 Å². The maximum absolute atomic E-state index is 9.44. The number of aliphatic hydroxyl groups excluding tert-OH is 2. The van der Waals surface area contributed by atoms with E-state index in [2.05, 4.69) is 10.5 Å². The molecule has 4 N–H and O–H groups in total. The minimum Gasteiger partial charge on any atom is -0.423 e.